The number of hydrogen-bond donors (Lipinski definition) is 2. The van der Waals surface area contributed by atoms with Gasteiger partial charge in [-0.15, -0.1) is 0 Å². The number of nitrogens with zero attached hydrogens (tertiary/aromatic N) is 1. The second-order valence-corrected chi connectivity index (χ2v) is 3.84. The topological polar surface area (TPSA) is 93.6 Å². The van der Waals surface area contributed by atoms with Crippen molar-refractivity contribution in [2.24, 2.45) is 0 Å². The number of hydrogen-bond acceptors (Lipinski definition) is 5. The largest absolute Gasteiger partial charge is 0.391 e. The van der Waals surface area contributed by atoms with Crippen LogP contribution in [0.25, 0.3) is 0 Å². The van der Waals surface area contributed by atoms with Gasteiger partial charge in [-0.1, -0.05) is 0 Å². The fraction of sp³-hybridized carbons (Fsp3) is 0.600. The molecule has 2 atom stereocenters. The van der Waals surface area contributed by atoms with Gasteiger partial charge in [0.05, 0.1) is 13.2 Å². The maximum absolute atomic E-state index is 11.6. The van der Waals surface area contributed by atoms with E-state index < -0.39 is 23.8 Å². The van der Waals surface area contributed by atoms with Crippen molar-refractivity contribution in [3.05, 3.63) is 32.6 Å². The number of aliphatic hydroxyl groups excluding tert-OH is 1. The normalized spacial score (nSPS) is 24.8. The summed E-state index contributed by atoms with van der Waals surface area (Å²) < 4.78 is 11.8. The molecular weight excluding hydrogens is 228 g/mol. The average Bonchev–Trinajstić information content (AvgIpc) is 2.34. The monoisotopic (exact) mass is 242 g/mol. The zero-order valence-corrected chi connectivity index (χ0v) is 9.38. The first-order chi connectivity index (χ1) is 8.11. The van der Waals surface area contributed by atoms with Crippen molar-refractivity contribution in [2.45, 2.75) is 25.9 Å². The van der Waals surface area contributed by atoms with Crippen molar-refractivity contribution >= 4 is 0 Å². The molecule has 0 radical (unpaired) electrons. The minimum atomic E-state index is -0.729. The third-order valence-corrected chi connectivity index (χ3v) is 2.58. The predicted molar refractivity (Wildman–Crippen MR) is 57.6 cm³/mol. The molecule has 1 aromatic rings. The Hall–Kier alpha value is -1.44. The highest BCUT2D eigenvalue weighted by Gasteiger charge is 2.24. The Morgan fingerprint density at radius 1 is 1.59 bits per heavy atom. The molecule has 0 aliphatic carbocycles. The summed E-state index contributed by atoms with van der Waals surface area (Å²) in [6, 6.07) is 0. The molecule has 0 bridgehead atoms. The molecule has 7 heteroatoms. The van der Waals surface area contributed by atoms with Gasteiger partial charge in [0.1, 0.15) is 6.23 Å². The van der Waals surface area contributed by atoms with Gasteiger partial charge >= 0.3 is 5.69 Å². The van der Waals surface area contributed by atoms with E-state index >= 15 is 0 Å². The second kappa shape index (κ2) is 4.82. The summed E-state index contributed by atoms with van der Waals surface area (Å²) in [5, 5.41) is 8.93. The van der Waals surface area contributed by atoms with E-state index in [-0.39, 0.29) is 6.61 Å². The van der Waals surface area contributed by atoms with Gasteiger partial charge in [0.25, 0.3) is 5.56 Å². The minimum Gasteiger partial charge on any atom is -0.391 e. The first-order valence-electron chi connectivity index (χ1n) is 5.32. The highest BCUT2D eigenvalue weighted by atomic mass is 16.7. The molecule has 2 heterocycles. The van der Waals surface area contributed by atoms with Crippen LogP contribution in [0.5, 0.6) is 0 Å². The summed E-state index contributed by atoms with van der Waals surface area (Å²) in [5.74, 6) is 0. The second-order valence-electron chi connectivity index (χ2n) is 3.84. The summed E-state index contributed by atoms with van der Waals surface area (Å²) in [4.78, 5) is 25.0. The van der Waals surface area contributed by atoms with E-state index in [0.717, 1.165) is 0 Å². The molecule has 1 saturated heterocycles. The van der Waals surface area contributed by atoms with Crippen molar-refractivity contribution in [2.75, 3.05) is 13.2 Å². The Morgan fingerprint density at radius 3 is 3.06 bits per heavy atom. The van der Waals surface area contributed by atoms with Crippen LogP contribution in [0.15, 0.2) is 15.8 Å². The molecular formula is C10H14N2O5. The van der Waals surface area contributed by atoms with Crippen molar-refractivity contribution in [1.82, 2.24) is 9.55 Å². The van der Waals surface area contributed by atoms with E-state index in [4.69, 9.17) is 14.6 Å². The molecule has 1 aliphatic rings. The fourth-order valence-corrected chi connectivity index (χ4v) is 1.68. The minimum absolute atomic E-state index is 0.270. The average molecular weight is 242 g/mol. The standard InChI is InChI=1S/C10H14N2O5/c1-6-4-12(10(15)11-9(6)14)7-2-3-16-8(5-13)17-7/h4,7-8,13H,2-3,5H2,1H3,(H,11,14,15)/t7-,8-/m1/s1. The third kappa shape index (κ3) is 2.46. The van der Waals surface area contributed by atoms with Crippen LogP contribution in [0.3, 0.4) is 0 Å². The summed E-state index contributed by atoms with van der Waals surface area (Å²) >= 11 is 0. The lowest BCUT2D eigenvalue weighted by atomic mass is 10.3. The van der Waals surface area contributed by atoms with Gasteiger partial charge in [-0.2, -0.15) is 0 Å². The van der Waals surface area contributed by atoms with Crippen molar-refractivity contribution in [3.8, 4) is 0 Å². The molecule has 0 amide bonds. The fourth-order valence-electron chi connectivity index (χ4n) is 1.68. The molecule has 17 heavy (non-hydrogen) atoms. The van der Waals surface area contributed by atoms with Crippen LogP contribution in [0, 0.1) is 6.92 Å². The van der Waals surface area contributed by atoms with Crippen LogP contribution < -0.4 is 11.2 Å². The number of nitrogens with one attached hydrogen (secondary N) is 1. The van der Waals surface area contributed by atoms with Crippen molar-refractivity contribution in [3.63, 3.8) is 0 Å². The van der Waals surface area contributed by atoms with E-state index in [1.807, 2.05) is 0 Å². The van der Waals surface area contributed by atoms with Crippen LogP contribution in [-0.4, -0.2) is 34.2 Å². The molecule has 7 nitrogen and oxygen atoms in total. The van der Waals surface area contributed by atoms with Crippen LogP contribution in [0.2, 0.25) is 0 Å². The van der Waals surface area contributed by atoms with Gasteiger partial charge < -0.3 is 14.6 Å². The lowest BCUT2D eigenvalue weighted by Crippen LogP contribution is -2.39. The Morgan fingerprint density at radius 2 is 2.35 bits per heavy atom. The Bertz CT molecular complexity index is 506. The molecule has 1 aliphatic heterocycles. The quantitative estimate of drug-likeness (QED) is 0.701. The number of H-pyrrole nitrogens is 1. The van der Waals surface area contributed by atoms with E-state index in [9.17, 15) is 9.59 Å². The predicted octanol–water partition coefficient (Wildman–Crippen LogP) is -0.901. The molecule has 94 valence electrons. The number of aliphatic hydroxyl groups is 1. The van der Waals surface area contributed by atoms with Crippen LogP contribution >= 0.6 is 0 Å². The first kappa shape index (κ1) is 12.0. The smallest absolute Gasteiger partial charge is 0.330 e. The highest BCUT2D eigenvalue weighted by Crippen LogP contribution is 2.19. The molecule has 0 aromatic carbocycles. The maximum atomic E-state index is 11.6. The SMILES string of the molecule is Cc1cn([C@H]2CCO[C@@H](CO)O2)c(=O)[nH]c1=O. The maximum Gasteiger partial charge on any atom is 0.330 e. The van der Waals surface area contributed by atoms with Gasteiger partial charge in [0.15, 0.2) is 6.29 Å². The highest BCUT2D eigenvalue weighted by molar-refractivity contribution is 5.01. The van der Waals surface area contributed by atoms with Crippen molar-refractivity contribution < 1.29 is 14.6 Å². The lowest BCUT2D eigenvalue weighted by Gasteiger charge is -2.30. The molecule has 1 aromatic heterocycles. The van der Waals surface area contributed by atoms with Gasteiger partial charge in [-0.05, 0) is 6.92 Å². The summed E-state index contributed by atoms with van der Waals surface area (Å²) in [6.45, 7) is 1.73. The number of ether oxygens (including phenoxy) is 2. The van der Waals surface area contributed by atoms with E-state index in [1.165, 1.54) is 10.8 Å². The summed E-state index contributed by atoms with van der Waals surface area (Å²) in [5.41, 5.74) is -0.499. The summed E-state index contributed by atoms with van der Waals surface area (Å²) in [7, 11) is 0. The van der Waals surface area contributed by atoms with E-state index in [2.05, 4.69) is 4.98 Å². The number of aromatic nitrogens is 2. The Labute approximate surface area is 96.6 Å². The zero-order valence-electron chi connectivity index (χ0n) is 9.38. The zero-order chi connectivity index (χ0) is 12.4. The lowest BCUT2D eigenvalue weighted by molar-refractivity contribution is -0.246. The van der Waals surface area contributed by atoms with Crippen molar-refractivity contribution in [1.29, 1.82) is 0 Å². The molecule has 0 spiro atoms. The van der Waals surface area contributed by atoms with Crippen LogP contribution in [-0.2, 0) is 9.47 Å². The van der Waals surface area contributed by atoms with Crippen LogP contribution in [0.1, 0.15) is 18.2 Å². The number of rotatable bonds is 2. The first-order valence-corrected chi connectivity index (χ1v) is 5.32. The Balaban J connectivity index is 2.31. The van der Waals surface area contributed by atoms with E-state index in [1.54, 1.807) is 6.92 Å². The Kier molecular flexibility index (Phi) is 3.41. The van der Waals surface area contributed by atoms with E-state index in [0.29, 0.717) is 18.6 Å². The number of aromatic amines is 1. The molecule has 0 saturated carbocycles. The van der Waals surface area contributed by atoms with Gasteiger partial charge in [-0.3, -0.25) is 14.3 Å². The molecule has 2 N–H and O–H groups in total. The molecule has 0 unspecified atom stereocenters. The molecule has 1 fully saturated rings. The van der Waals surface area contributed by atoms with Gasteiger partial charge in [-0.25, -0.2) is 4.79 Å². The van der Waals surface area contributed by atoms with Gasteiger partial charge in [0, 0.05) is 18.2 Å². The van der Waals surface area contributed by atoms with Gasteiger partial charge in [0.2, 0.25) is 0 Å². The third-order valence-electron chi connectivity index (χ3n) is 2.58. The number of aryl methyl sites for hydroxylation is 1. The summed E-state index contributed by atoms with van der Waals surface area (Å²) in [6.07, 6.45) is 0.685. The van der Waals surface area contributed by atoms with Crippen LogP contribution in [0.4, 0.5) is 0 Å². The molecule has 2 rings (SSSR count).